The molecule has 0 spiro atoms. The van der Waals surface area contributed by atoms with Crippen molar-refractivity contribution in [3.63, 3.8) is 0 Å². The summed E-state index contributed by atoms with van der Waals surface area (Å²) in [6.45, 7) is 4.98. The Labute approximate surface area is 87.3 Å². The molecule has 0 unspecified atom stereocenters. The number of Topliss-reactive ketones (excluding diaryl/α,β-unsaturated/α-hetero) is 2. The third-order valence-corrected chi connectivity index (χ3v) is 2.37. The minimum absolute atomic E-state index is 0.255. The van der Waals surface area contributed by atoms with Crippen LogP contribution in [0.2, 0.25) is 0 Å². The van der Waals surface area contributed by atoms with Gasteiger partial charge in [0.15, 0.2) is 5.60 Å². The molecule has 0 amide bonds. The van der Waals surface area contributed by atoms with E-state index in [0.29, 0.717) is 5.75 Å². The van der Waals surface area contributed by atoms with Crippen molar-refractivity contribution in [3.8, 4) is 5.75 Å². The Hall–Kier alpha value is -1.71. The molecule has 78 valence electrons. The summed E-state index contributed by atoms with van der Waals surface area (Å²) < 4.78 is 5.47. The molecular formula is C11H11NO3. The molecule has 2 heterocycles. The highest BCUT2D eigenvalue weighted by atomic mass is 16.5. The van der Waals surface area contributed by atoms with Crippen LogP contribution in [-0.4, -0.2) is 22.2 Å². The summed E-state index contributed by atoms with van der Waals surface area (Å²) in [5.74, 6) is -0.605. The zero-order valence-electron chi connectivity index (χ0n) is 8.83. The van der Waals surface area contributed by atoms with Crippen molar-refractivity contribution in [2.75, 3.05) is 0 Å². The Morgan fingerprint density at radius 3 is 2.67 bits per heavy atom. The first-order chi connectivity index (χ1) is 6.92. The summed E-state index contributed by atoms with van der Waals surface area (Å²) in [7, 11) is 0. The Bertz CT molecular complexity index is 463. The number of pyridine rings is 1. The maximum absolute atomic E-state index is 11.7. The standard InChI is InChI=1S/C11H11NO3/c1-6-4-8-7(5-12-6)9(13)10(14)11(2,3)15-8/h4-5H,1-3H3. The van der Waals surface area contributed by atoms with E-state index in [1.54, 1.807) is 26.8 Å². The van der Waals surface area contributed by atoms with E-state index in [9.17, 15) is 9.59 Å². The van der Waals surface area contributed by atoms with Crippen molar-refractivity contribution < 1.29 is 14.3 Å². The maximum atomic E-state index is 11.7. The van der Waals surface area contributed by atoms with E-state index >= 15 is 0 Å². The molecule has 1 aliphatic rings. The van der Waals surface area contributed by atoms with Crippen molar-refractivity contribution >= 4 is 11.6 Å². The zero-order chi connectivity index (χ0) is 11.2. The molecule has 4 heteroatoms. The number of carbonyl (C=O) groups is 2. The summed E-state index contributed by atoms with van der Waals surface area (Å²) in [5.41, 5.74) is -0.0608. The fourth-order valence-corrected chi connectivity index (χ4v) is 1.51. The summed E-state index contributed by atoms with van der Waals surface area (Å²) >= 11 is 0. The van der Waals surface area contributed by atoms with Gasteiger partial charge >= 0.3 is 0 Å². The van der Waals surface area contributed by atoms with E-state index in [0.717, 1.165) is 5.69 Å². The molecule has 0 aromatic carbocycles. The molecule has 0 radical (unpaired) electrons. The fourth-order valence-electron chi connectivity index (χ4n) is 1.51. The molecule has 1 aromatic rings. The van der Waals surface area contributed by atoms with Gasteiger partial charge in [-0.15, -0.1) is 0 Å². The van der Waals surface area contributed by atoms with Crippen LogP contribution in [0.25, 0.3) is 0 Å². The van der Waals surface area contributed by atoms with Crippen LogP contribution in [0, 0.1) is 6.92 Å². The molecule has 1 aromatic heterocycles. The summed E-state index contributed by atoms with van der Waals surface area (Å²) in [6.07, 6.45) is 1.39. The van der Waals surface area contributed by atoms with Gasteiger partial charge in [0, 0.05) is 18.0 Å². The van der Waals surface area contributed by atoms with Gasteiger partial charge in [0.05, 0.1) is 5.56 Å². The fraction of sp³-hybridized carbons (Fsp3) is 0.364. The minimum atomic E-state index is -1.07. The highest BCUT2D eigenvalue weighted by Crippen LogP contribution is 2.30. The number of fused-ring (bicyclic) bond motifs is 1. The quantitative estimate of drug-likeness (QED) is 0.599. The lowest BCUT2D eigenvalue weighted by Crippen LogP contribution is -2.46. The first-order valence-corrected chi connectivity index (χ1v) is 4.66. The van der Waals surface area contributed by atoms with Gasteiger partial charge < -0.3 is 4.74 Å². The third-order valence-electron chi connectivity index (χ3n) is 2.37. The molecule has 0 fully saturated rings. The number of ether oxygens (including phenoxy) is 1. The van der Waals surface area contributed by atoms with E-state index in [-0.39, 0.29) is 5.56 Å². The van der Waals surface area contributed by atoms with E-state index in [2.05, 4.69) is 4.98 Å². The van der Waals surface area contributed by atoms with Gasteiger partial charge in [-0.2, -0.15) is 0 Å². The average molecular weight is 205 g/mol. The van der Waals surface area contributed by atoms with Crippen LogP contribution < -0.4 is 4.74 Å². The summed E-state index contributed by atoms with van der Waals surface area (Å²) in [4.78, 5) is 27.2. The zero-order valence-corrected chi connectivity index (χ0v) is 8.83. The molecular weight excluding hydrogens is 194 g/mol. The van der Waals surface area contributed by atoms with Gasteiger partial charge in [-0.25, -0.2) is 0 Å². The first-order valence-electron chi connectivity index (χ1n) is 4.66. The monoisotopic (exact) mass is 205 g/mol. The van der Waals surface area contributed by atoms with Crippen LogP contribution in [0.1, 0.15) is 29.9 Å². The summed E-state index contributed by atoms with van der Waals surface area (Å²) in [6, 6.07) is 1.67. The van der Waals surface area contributed by atoms with Crippen molar-refractivity contribution in [3.05, 3.63) is 23.5 Å². The molecule has 0 N–H and O–H groups in total. The topological polar surface area (TPSA) is 56.3 Å². The second-order valence-electron chi connectivity index (χ2n) is 4.09. The van der Waals surface area contributed by atoms with Crippen molar-refractivity contribution in [1.82, 2.24) is 4.98 Å². The summed E-state index contributed by atoms with van der Waals surface area (Å²) in [5, 5.41) is 0. The Balaban J connectivity index is 2.60. The van der Waals surface area contributed by atoms with Gasteiger partial charge in [-0.05, 0) is 20.8 Å². The third kappa shape index (κ3) is 1.42. The van der Waals surface area contributed by atoms with E-state index in [4.69, 9.17) is 4.74 Å². The second kappa shape index (κ2) is 2.89. The SMILES string of the molecule is Cc1cc2c(cn1)C(=O)C(=O)C(C)(C)O2. The van der Waals surface area contributed by atoms with Crippen molar-refractivity contribution in [1.29, 1.82) is 0 Å². The largest absolute Gasteiger partial charge is 0.479 e. The van der Waals surface area contributed by atoms with Crippen molar-refractivity contribution in [2.24, 2.45) is 0 Å². The average Bonchev–Trinajstić information content (AvgIpc) is 2.13. The van der Waals surface area contributed by atoms with Gasteiger partial charge in [0.25, 0.3) is 0 Å². The second-order valence-corrected chi connectivity index (χ2v) is 4.09. The normalized spacial score (nSPS) is 18.3. The molecule has 0 saturated heterocycles. The lowest BCUT2D eigenvalue weighted by Gasteiger charge is -2.29. The van der Waals surface area contributed by atoms with E-state index in [1.807, 2.05) is 0 Å². The van der Waals surface area contributed by atoms with Crippen LogP contribution in [-0.2, 0) is 4.79 Å². The van der Waals surface area contributed by atoms with E-state index < -0.39 is 17.2 Å². The van der Waals surface area contributed by atoms with Crippen LogP contribution >= 0.6 is 0 Å². The number of rotatable bonds is 0. The van der Waals surface area contributed by atoms with Gasteiger partial charge in [0.1, 0.15) is 5.75 Å². The maximum Gasteiger partial charge on any atom is 0.246 e. The lowest BCUT2D eigenvalue weighted by molar-refractivity contribution is -0.128. The number of nitrogens with zero attached hydrogens (tertiary/aromatic N) is 1. The highest BCUT2D eigenvalue weighted by molar-refractivity contribution is 6.47. The van der Waals surface area contributed by atoms with Crippen LogP contribution in [0.5, 0.6) is 5.75 Å². The number of aromatic nitrogens is 1. The molecule has 0 saturated carbocycles. The number of carbonyl (C=O) groups excluding carboxylic acids is 2. The molecule has 4 nitrogen and oxygen atoms in total. The van der Waals surface area contributed by atoms with Gasteiger partial charge in [-0.3, -0.25) is 14.6 Å². The molecule has 0 bridgehead atoms. The van der Waals surface area contributed by atoms with Crippen LogP contribution in [0.15, 0.2) is 12.3 Å². The number of ketones is 2. The Kier molecular flexibility index (Phi) is 1.89. The van der Waals surface area contributed by atoms with Gasteiger partial charge in [0.2, 0.25) is 11.6 Å². The molecule has 0 atom stereocenters. The number of hydrogen-bond acceptors (Lipinski definition) is 4. The molecule has 2 rings (SSSR count). The van der Waals surface area contributed by atoms with Crippen LogP contribution in [0.4, 0.5) is 0 Å². The van der Waals surface area contributed by atoms with Crippen molar-refractivity contribution in [2.45, 2.75) is 26.4 Å². The number of hydrogen-bond donors (Lipinski definition) is 0. The number of aryl methyl sites for hydroxylation is 1. The lowest BCUT2D eigenvalue weighted by atomic mass is 9.92. The van der Waals surface area contributed by atoms with E-state index in [1.165, 1.54) is 6.20 Å². The smallest absolute Gasteiger partial charge is 0.246 e. The minimum Gasteiger partial charge on any atom is -0.479 e. The van der Waals surface area contributed by atoms with Crippen LogP contribution in [0.3, 0.4) is 0 Å². The first kappa shape index (κ1) is 9.83. The predicted molar refractivity (Wildman–Crippen MR) is 53.0 cm³/mol. The Morgan fingerprint density at radius 1 is 1.33 bits per heavy atom. The molecule has 15 heavy (non-hydrogen) atoms. The molecule has 0 aliphatic carbocycles. The van der Waals surface area contributed by atoms with Gasteiger partial charge in [-0.1, -0.05) is 0 Å². The Morgan fingerprint density at radius 2 is 2.00 bits per heavy atom. The molecule has 1 aliphatic heterocycles. The predicted octanol–water partition coefficient (Wildman–Crippen LogP) is 1.31. The highest BCUT2D eigenvalue weighted by Gasteiger charge is 2.41.